The van der Waals surface area contributed by atoms with Crippen molar-refractivity contribution in [1.82, 2.24) is 9.80 Å². The first-order chi connectivity index (χ1) is 17.1. The van der Waals surface area contributed by atoms with E-state index in [0.29, 0.717) is 18.7 Å². The molecule has 2 heterocycles. The van der Waals surface area contributed by atoms with E-state index in [0.717, 1.165) is 36.3 Å². The van der Waals surface area contributed by atoms with Crippen LogP contribution < -0.4 is 4.74 Å². The molecule has 182 valence electrons. The lowest BCUT2D eigenvalue weighted by molar-refractivity contribution is -0.0606. The molecule has 0 aliphatic carbocycles. The first-order valence-corrected chi connectivity index (χ1v) is 12.2. The predicted molar refractivity (Wildman–Crippen MR) is 134 cm³/mol. The second-order valence-electron chi connectivity index (χ2n) is 9.40. The summed E-state index contributed by atoms with van der Waals surface area (Å²) in [5, 5.41) is 10.2. The van der Waals surface area contributed by atoms with Gasteiger partial charge in [0.25, 0.3) is 5.91 Å². The van der Waals surface area contributed by atoms with Gasteiger partial charge in [0.15, 0.2) is 0 Å². The molecule has 6 heteroatoms. The highest BCUT2D eigenvalue weighted by atomic mass is 19.1. The van der Waals surface area contributed by atoms with Gasteiger partial charge in [-0.2, -0.15) is 0 Å². The topological polar surface area (TPSA) is 53.0 Å². The Bertz CT molecular complexity index is 1150. The number of amides is 1. The number of rotatable bonds is 5. The maximum Gasteiger partial charge on any atom is 0.253 e. The second kappa shape index (κ2) is 10.2. The summed E-state index contributed by atoms with van der Waals surface area (Å²) < 4.78 is 18.6. The predicted octanol–water partition coefficient (Wildman–Crippen LogP) is 4.57. The fraction of sp³-hybridized carbons (Fsp3) is 0.345. The number of aliphatic hydroxyl groups excluding tert-OH is 1. The van der Waals surface area contributed by atoms with Crippen LogP contribution in [-0.2, 0) is 0 Å². The van der Waals surface area contributed by atoms with Crippen LogP contribution in [-0.4, -0.2) is 66.2 Å². The van der Waals surface area contributed by atoms with Crippen LogP contribution in [0.25, 0.3) is 11.1 Å². The molecule has 1 N–H and O–H groups in total. The zero-order valence-corrected chi connectivity index (χ0v) is 19.9. The molecule has 35 heavy (non-hydrogen) atoms. The average molecular weight is 475 g/mol. The number of benzene rings is 3. The van der Waals surface area contributed by atoms with Crippen molar-refractivity contribution in [2.24, 2.45) is 0 Å². The quantitative estimate of drug-likeness (QED) is 0.589. The molecule has 0 unspecified atom stereocenters. The lowest BCUT2D eigenvalue weighted by Gasteiger charge is -2.57. The third-order valence-electron chi connectivity index (χ3n) is 7.47. The smallest absolute Gasteiger partial charge is 0.253 e. The molecule has 2 saturated heterocycles. The van der Waals surface area contributed by atoms with E-state index in [9.17, 15) is 14.3 Å². The van der Waals surface area contributed by atoms with Gasteiger partial charge in [-0.25, -0.2) is 4.39 Å². The zero-order valence-electron chi connectivity index (χ0n) is 19.9. The van der Waals surface area contributed by atoms with Crippen LogP contribution in [0.15, 0.2) is 72.8 Å². The third kappa shape index (κ3) is 4.68. The molecular formula is C29H31FN2O3. The highest BCUT2D eigenvalue weighted by Crippen LogP contribution is 2.42. The SMILES string of the molecule is COc1ccc(-c2ccc([C@@H]3[C@@H](CO)N4CCCCN(C(=O)c5ccc(F)cc5)C[C@H]34)cc2)cc1. The number of carbonyl (C=O) groups is 1. The number of nitrogens with zero attached hydrogens (tertiary/aromatic N) is 2. The number of carbonyl (C=O) groups excluding carboxylic acids is 1. The lowest BCUT2D eigenvalue weighted by Crippen LogP contribution is -2.67. The van der Waals surface area contributed by atoms with Crippen molar-refractivity contribution in [1.29, 1.82) is 0 Å². The fourth-order valence-electron chi connectivity index (χ4n) is 5.58. The fourth-order valence-corrected chi connectivity index (χ4v) is 5.58. The minimum Gasteiger partial charge on any atom is -0.497 e. The monoisotopic (exact) mass is 474 g/mol. The maximum atomic E-state index is 13.4. The average Bonchev–Trinajstić information content (AvgIpc) is 2.88. The van der Waals surface area contributed by atoms with Gasteiger partial charge in [-0.3, -0.25) is 9.69 Å². The van der Waals surface area contributed by atoms with Crippen molar-refractivity contribution in [3.8, 4) is 16.9 Å². The maximum absolute atomic E-state index is 13.4. The summed E-state index contributed by atoms with van der Waals surface area (Å²) in [6.07, 6.45) is 1.89. The largest absolute Gasteiger partial charge is 0.497 e. The van der Waals surface area contributed by atoms with E-state index in [-0.39, 0.29) is 36.3 Å². The molecule has 3 aromatic rings. The van der Waals surface area contributed by atoms with Crippen molar-refractivity contribution >= 4 is 5.91 Å². The Labute approximate surface area is 205 Å². The molecule has 2 aliphatic heterocycles. The standard InChI is InChI=1S/C29H31FN2O3/c1-35-25-14-10-21(11-15-25)20-4-6-22(7-5-20)28-26-18-31(16-2-3-17-32(26)27(28)19-33)29(34)23-8-12-24(30)13-9-23/h4-15,26-28,33H,2-3,16-19H2,1H3/t26-,27-,28+/m1/s1. The van der Waals surface area contributed by atoms with E-state index in [1.54, 1.807) is 19.2 Å². The number of hydrogen-bond donors (Lipinski definition) is 1. The molecule has 2 aliphatic rings. The summed E-state index contributed by atoms with van der Waals surface area (Å²) in [7, 11) is 1.66. The number of ether oxygens (including phenoxy) is 1. The van der Waals surface area contributed by atoms with Crippen LogP contribution in [0.1, 0.15) is 34.7 Å². The molecule has 0 spiro atoms. The molecule has 0 radical (unpaired) electrons. The second-order valence-corrected chi connectivity index (χ2v) is 9.40. The van der Waals surface area contributed by atoms with E-state index in [4.69, 9.17) is 4.74 Å². The van der Waals surface area contributed by atoms with E-state index < -0.39 is 0 Å². The summed E-state index contributed by atoms with van der Waals surface area (Å²) in [4.78, 5) is 17.5. The summed E-state index contributed by atoms with van der Waals surface area (Å²) in [5.74, 6) is 0.567. The van der Waals surface area contributed by atoms with Gasteiger partial charge in [0.1, 0.15) is 11.6 Å². The van der Waals surface area contributed by atoms with Crippen molar-refractivity contribution in [2.75, 3.05) is 33.4 Å². The zero-order chi connectivity index (χ0) is 24.4. The van der Waals surface area contributed by atoms with Crippen LogP contribution in [0.2, 0.25) is 0 Å². The highest BCUT2D eigenvalue weighted by molar-refractivity contribution is 5.94. The van der Waals surface area contributed by atoms with Gasteiger partial charge in [-0.05, 0) is 72.5 Å². The van der Waals surface area contributed by atoms with E-state index in [1.807, 2.05) is 29.2 Å². The number of hydrogen-bond acceptors (Lipinski definition) is 4. The normalized spacial score (nSPS) is 22.5. The summed E-state index contributed by atoms with van der Waals surface area (Å²) in [6.45, 7) is 2.30. The first-order valence-electron chi connectivity index (χ1n) is 12.2. The molecule has 5 rings (SSSR count). The van der Waals surface area contributed by atoms with Gasteiger partial charge >= 0.3 is 0 Å². The van der Waals surface area contributed by atoms with Gasteiger partial charge in [0.2, 0.25) is 0 Å². The van der Waals surface area contributed by atoms with Crippen LogP contribution in [0, 0.1) is 5.82 Å². The van der Waals surface area contributed by atoms with Crippen LogP contribution >= 0.6 is 0 Å². The Morgan fingerprint density at radius 2 is 1.57 bits per heavy atom. The summed E-state index contributed by atoms with van der Waals surface area (Å²) in [5.41, 5.74) is 3.93. The molecular weight excluding hydrogens is 443 g/mol. The first kappa shape index (κ1) is 23.5. The van der Waals surface area contributed by atoms with Crippen molar-refractivity contribution < 1.29 is 19.0 Å². The van der Waals surface area contributed by atoms with Gasteiger partial charge in [0, 0.05) is 36.7 Å². The van der Waals surface area contributed by atoms with Crippen LogP contribution in [0.4, 0.5) is 4.39 Å². The van der Waals surface area contributed by atoms with Gasteiger partial charge in [-0.15, -0.1) is 0 Å². The molecule has 3 aromatic carbocycles. The number of fused-ring (bicyclic) bond motifs is 1. The molecule has 1 amide bonds. The molecule has 0 bridgehead atoms. The van der Waals surface area contributed by atoms with E-state index in [2.05, 4.69) is 29.2 Å². The number of methoxy groups -OCH3 is 1. The van der Waals surface area contributed by atoms with Gasteiger partial charge in [-0.1, -0.05) is 36.4 Å². The van der Waals surface area contributed by atoms with E-state index >= 15 is 0 Å². The number of aliphatic hydroxyl groups is 1. The Hall–Kier alpha value is -3.22. The third-order valence-corrected chi connectivity index (χ3v) is 7.47. The molecule has 0 saturated carbocycles. The molecule has 0 aromatic heterocycles. The van der Waals surface area contributed by atoms with Crippen LogP contribution in [0.3, 0.4) is 0 Å². The highest BCUT2D eigenvalue weighted by Gasteiger charge is 2.49. The minimum atomic E-state index is -0.344. The van der Waals surface area contributed by atoms with Crippen molar-refractivity contribution in [3.63, 3.8) is 0 Å². The van der Waals surface area contributed by atoms with Gasteiger partial charge in [0.05, 0.1) is 13.7 Å². The van der Waals surface area contributed by atoms with E-state index in [1.165, 1.54) is 17.7 Å². The lowest BCUT2D eigenvalue weighted by atomic mass is 9.74. The minimum absolute atomic E-state index is 0.0488. The summed E-state index contributed by atoms with van der Waals surface area (Å²) >= 11 is 0. The van der Waals surface area contributed by atoms with Gasteiger partial charge < -0.3 is 14.7 Å². The molecule has 5 nitrogen and oxygen atoms in total. The number of halogens is 1. The Morgan fingerprint density at radius 1 is 0.943 bits per heavy atom. The molecule has 2 fully saturated rings. The Morgan fingerprint density at radius 3 is 2.20 bits per heavy atom. The van der Waals surface area contributed by atoms with Crippen molar-refractivity contribution in [2.45, 2.75) is 30.8 Å². The summed E-state index contributed by atoms with van der Waals surface area (Å²) in [6, 6.07) is 22.5. The van der Waals surface area contributed by atoms with Crippen molar-refractivity contribution in [3.05, 3.63) is 89.7 Å². The Balaban J connectivity index is 1.37. The Kier molecular flexibility index (Phi) is 6.84. The van der Waals surface area contributed by atoms with Crippen LogP contribution in [0.5, 0.6) is 5.75 Å². The molecule has 3 atom stereocenters.